The molecule has 2 aromatic heterocycles. The minimum absolute atomic E-state index is 0.200. The van der Waals surface area contributed by atoms with E-state index in [2.05, 4.69) is 28.5 Å². The molecule has 8 heteroatoms. The second kappa shape index (κ2) is 11.2. The molecule has 1 N–H and O–H groups in total. The molecule has 1 amide bonds. The van der Waals surface area contributed by atoms with Crippen LogP contribution >= 0.6 is 23.1 Å². The van der Waals surface area contributed by atoms with Crippen molar-refractivity contribution in [3.63, 3.8) is 0 Å². The van der Waals surface area contributed by atoms with Crippen molar-refractivity contribution in [1.82, 2.24) is 4.98 Å². The number of rotatable bonds is 7. The fourth-order valence-corrected chi connectivity index (χ4v) is 6.72. The molecule has 6 nitrogen and oxygen atoms in total. The Morgan fingerprint density at radius 2 is 1.89 bits per heavy atom. The van der Waals surface area contributed by atoms with Gasteiger partial charge in [-0.05, 0) is 48.6 Å². The SMILES string of the molecule is COC(=O)c1c(NC(=O)CCSc2nc(-c3ccc(C)cc3)ccc2C#N)sc2c1CCc1ccccc1-2. The Morgan fingerprint density at radius 3 is 2.66 bits per heavy atom. The Labute approximate surface area is 229 Å². The number of thiophene rings is 1. The largest absolute Gasteiger partial charge is 0.465 e. The molecular formula is C30H25N3O3S2. The van der Waals surface area contributed by atoms with E-state index < -0.39 is 5.97 Å². The third-order valence-electron chi connectivity index (χ3n) is 6.45. The summed E-state index contributed by atoms with van der Waals surface area (Å²) in [5.74, 6) is -0.211. The number of benzene rings is 2. The van der Waals surface area contributed by atoms with E-state index in [4.69, 9.17) is 4.74 Å². The second-order valence-electron chi connectivity index (χ2n) is 8.94. The smallest absolute Gasteiger partial charge is 0.341 e. The highest BCUT2D eigenvalue weighted by Gasteiger charge is 2.29. The van der Waals surface area contributed by atoms with Gasteiger partial charge in [0.15, 0.2) is 0 Å². The van der Waals surface area contributed by atoms with E-state index in [1.54, 1.807) is 6.07 Å². The Kier molecular flexibility index (Phi) is 7.59. The predicted octanol–water partition coefficient (Wildman–Crippen LogP) is 6.66. The van der Waals surface area contributed by atoms with E-state index in [0.29, 0.717) is 26.9 Å². The number of hydrogen-bond acceptors (Lipinski definition) is 7. The normalized spacial score (nSPS) is 11.7. The summed E-state index contributed by atoms with van der Waals surface area (Å²) in [7, 11) is 1.36. The second-order valence-corrected chi connectivity index (χ2v) is 11.0. The van der Waals surface area contributed by atoms with Crippen molar-refractivity contribution in [2.24, 2.45) is 0 Å². The number of hydrogen-bond donors (Lipinski definition) is 1. The monoisotopic (exact) mass is 539 g/mol. The summed E-state index contributed by atoms with van der Waals surface area (Å²) in [4.78, 5) is 31.3. The Hall–Kier alpha value is -3.93. The predicted molar refractivity (Wildman–Crippen MR) is 152 cm³/mol. The molecule has 190 valence electrons. The topological polar surface area (TPSA) is 92.1 Å². The number of methoxy groups -OCH3 is 1. The number of nitrogens with one attached hydrogen (secondary N) is 1. The van der Waals surface area contributed by atoms with Crippen LogP contribution in [-0.2, 0) is 22.4 Å². The molecule has 0 saturated heterocycles. The molecule has 1 aliphatic carbocycles. The number of carbonyl (C=O) groups is 2. The Balaban J connectivity index is 1.31. The van der Waals surface area contributed by atoms with Crippen LogP contribution in [-0.4, -0.2) is 29.7 Å². The van der Waals surface area contributed by atoms with Gasteiger partial charge in [0.05, 0.1) is 23.9 Å². The van der Waals surface area contributed by atoms with E-state index >= 15 is 0 Å². The summed E-state index contributed by atoms with van der Waals surface area (Å²) < 4.78 is 5.06. The summed E-state index contributed by atoms with van der Waals surface area (Å²) >= 11 is 2.79. The van der Waals surface area contributed by atoms with Crippen molar-refractivity contribution >= 4 is 40.0 Å². The molecule has 0 spiro atoms. The first-order chi connectivity index (χ1) is 18.5. The molecule has 0 aliphatic heterocycles. The van der Waals surface area contributed by atoms with Gasteiger partial charge in [0.1, 0.15) is 16.1 Å². The van der Waals surface area contributed by atoms with Gasteiger partial charge in [-0.1, -0.05) is 54.1 Å². The molecule has 38 heavy (non-hydrogen) atoms. The Morgan fingerprint density at radius 1 is 1.11 bits per heavy atom. The average Bonchev–Trinajstić information content (AvgIpc) is 3.31. The van der Waals surface area contributed by atoms with Crippen LogP contribution in [0.2, 0.25) is 0 Å². The van der Waals surface area contributed by atoms with E-state index in [1.807, 2.05) is 49.4 Å². The average molecular weight is 540 g/mol. The van der Waals surface area contributed by atoms with E-state index in [-0.39, 0.29) is 12.3 Å². The van der Waals surface area contributed by atoms with Crippen LogP contribution < -0.4 is 5.32 Å². The first-order valence-corrected chi connectivity index (χ1v) is 14.0. The number of nitriles is 1. The lowest BCUT2D eigenvalue weighted by Gasteiger charge is -2.16. The van der Waals surface area contributed by atoms with Crippen LogP contribution in [0, 0.1) is 18.3 Å². The zero-order chi connectivity index (χ0) is 26.6. The van der Waals surface area contributed by atoms with E-state index in [9.17, 15) is 14.9 Å². The molecular weight excluding hydrogens is 514 g/mol. The van der Waals surface area contributed by atoms with E-state index in [1.165, 1.54) is 35.8 Å². The van der Waals surface area contributed by atoms with Gasteiger partial charge in [0, 0.05) is 22.6 Å². The number of thioether (sulfide) groups is 1. The number of aryl methyl sites for hydroxylation is 2. The number of anilines is 1. The van der Waals surface area contributed by atoms with Crippen LogP contribution in [0.5, 0.6) is 0 Å². The van der Waals surface area contributed by atoms with Crippen LogP contribution in [0.25, 0.3) is 21.7 Å². The minimum atomic E-state index is -0.442. The molecule has 1 aliphatic rings. The molecule has 0 atom stereocenters. The summed E-state index contributed by atoms with van der Waals surface area (Å²) in [5, 5.41) is 13.6. The standard InChI is InChI=1S/C30H25N3O3S2/c1-18-7-9-20(10-8-18)24-14-12-21(17-31)28(32-24)37-16-15-25(34)33-29-26(30(35)36-2)23-13-11-19-5-3-4-6-22(19)27(23)38-29/h3-10,12,14H,11,13,15-16H2,1-2H3,(H,33,34). The molecule has 5 rings (SSSR count). The Bertz CT molecular complexity index is 1570. The van der Waals surface area contributed by atoms with Gasteiger partial charge in [-0.3, -0.25) is 4.79 Å². The molecule has 4 aromatic rings. The maximum absolute atomic E-state index is 12.9. The molecule has 0 radical (unpaired) electrons. The maximum atomic E-state index is 12.9. The highest BCUT2D eigenvalue weighted by atomic mass is 32.2. The quantitative estimate of drug-likeness (QED) is 0.208. The first-order valence-electron chi connectivity index (χ1n) is 12.2. The number of fused-ring (bicyclic) bond motifs is 3. The third kappa shape index (κ3) is 5.21. The lowest BCUT2D eigenvalue weighted by atomic mass is 9.89. The summed E-state index contributed by atoms with van der Waals surface area (Å²) in [6.45, 7) is 2.03. The first kappa shape index (κ1) is 25.7. The van der Waals surface area contributed by atoms with Gasteiger partial charge in [-0.2, -0.15) is 5.26 Å². The van der Waals surface area contributed by atoms with Gasteiger partial charge in [-0.25, -0.2) is 9.78 Å². The van der Waals surface area contributed by atoms with Gasteiger partial charge in [-0.15, -0.1) is 23.1 Å². The number of carbonyl (C=O) groups excluding carboxylic acids is 2. The highest BCUT2D eigenvalue weighted by molar-refractivity contribution is 7.99. The number of amides is 1. The zero-order valence-electron chi connectivity index (χ0n) is 21.0. The number of pyridine rings is 1. The van der Waals surface area contributed by atoms with Crippen molar-refractivity contribution in [2.45, 2.75) is 31.2 Å². The molecule has 0 unspecified atom stereocenters. The summed E-state index contributed by atoms with van der Waals surface area (Å²) in [6, 6.07) is 22.0. The van der Waals surface area contributed by atoms with Crippen molar-refractivity contribution < 1.29 is 14.3 Å². The molecule has 0 bridgehead atoms. The van der Waals surface area contributed by atoms with Crippen molar-refractivity contribution in [1.29, 1.82) is 5.26 Å². The van der Waals surface area contributed by atoms with E-state index in [0.717, 1.165) is 45.7 Å². The third-order valence-corrected chi connectivity index (χ3v) is 8.63. The summed E-state index contributed by atoms with van der Waals surface area (Å²) in [6.07, 6.45) is 1.76. The zero-order valence-corrected chi connectivity index (χ0v) is 22.7. The molecule has 2 heterocycles. The number of esters is 1. The number of aromatic nitrogens is 1. The molecule has 2 aromatic carbocycles. The molecule has 0 saturated carbocycles. The minimum Gasteiger partial charge on any atom is -0.465 e. The number of nitrogens with zero attached hydrogens (tertiary/aromatic N) is 2. The van der Waals surface area contributed by atoms with Crippen LogP contribution in [0.1, 0.15) is 39.0 Å². The highest BCUT2D eigenvalue weighted by Crippen LogP contribution is 2.45. The van der Waals surface area contributed by atoms with Crippen molar-refractivity contribution in [2.75, 3.05) is 18.2 Å². The van der Waals surface area contributed by atoms with Crippen LogP contribution in [0.15, 0.2) is 65.7 Å². The fraction of sp³-hybridized carbons (Fsp3) is 0.200. The van der Waals surface area contributed by atoms with Crippen LogP contribution in [0.3, 0.4) is 0 Å². The number of ether oxygens (including phenoxy) is 1. The lowest BCUT2D eigenvalue weighted by Crippen LogP contribution is -2.15. The molecule has 0 fully saturated rings. The van der Waals surface area contributed by atoms with Crippen molar-refractivity contribution in [3.8, 4) is 27.8 Å². The summed E-state index contributed by atoms with van der Waals surface area (Å²) in [5.41, 5.74) is 7.10. The fourth-order valence-electron chi connectivity index (χ4n) is 4.50. The maximum Gasteiger partial charge on any atom is 0.341 e. The van der Waals surface area contributed by atoms with Crippen LogP contribution in [0.4, 0.5) is 5.00 Å². The van der Waals surface area contributed by atoms with Crippen molar-refractivity contribution in [3.05, 3.63) is 88.5 Å². The lowest BCUT2D eigenvalue weighted by molar-refractivity contribution is -0.115. The van der Waals surface area contributed by atoms with Gasteiger partial charge in [0.25, 0.3) is 0 Å². The van der Waals surface area contributed by atoms with Gasteiger partial charge in [0.2, 0.25) is 5.91 Å². The van der Waals surface area contributed by atoms with Gasteiger partial charge < -0.3 is 10.1 Å². The van der Waals surface area contributed by atoms with Gasteiger partial charge >= 0.3 is 5.97 Å².